The highest BCUT2D eigenvalue weighted by atomic mass is 32.2. The fourth-order valence-corrected chi connectivity index (χ4v) is 3.43. The Hall–Kier alpha value is -2.69. The lowest BCUT2D eigenvalue weighted by molar-refractivity contribution is 0.0435. The van der Waals surface area contributed by atoms with Gasteiger partial charge in [0.2, 0.25) is 10.0 Å². The fraction of sp³-hybridized carbons (Fsp3) is 0.222. The van der Waals surface area contributed by atoms with E-state index in [0.29, 0.717) is 0 Å². The number of benzene rings is 2. The van der Waals surface area contributed by atoms with Crippen LogP contribution in [0.1, 0.15) is 35.8 Å². The van der Waals surface area contributed by atoms with Crippen LogP contribution in [0.3, 0.4) is 0 Å². The van der Waals surface area contributed by atoms with Gasteiger partial charge >= 0.3 is 5.97 Å². The van der Waals surface area contributed by atoms with Crippen molar-refractivity contribution in [3.8, 4) is 6.07 Å². The molecule has 0 saturated heterocycles. The van der Waals surface area contributed by atoms with E-state index < -0.39 is 28.1 Å². The number of carbonyl (C=O) groups is 1. The van der Waals surface area contributed by atoms with Gasteiger partial charge in [-0.05, 0) is 37.6 Å². The molecule has 0 aliphatic carbocycles. The van der Waals surface area contributed by atoms with Crippen molar-refractivity contribution >= 4 is 16.0 Å². The van der Waals surface area contributed by atoms with E-state index in [1.54, 1.807) is 13.0 Å². The molecule has 7 heteroatoms. The molecule has 0 aliphatic rings. The summed E-state index contributed by atoms with van der Waals surface area (Å²) in [6.45, 7) is 3.17. The van der Waals surface area contributed by atoms with Crippen LogP contribution in [0.2, 0.25) is 0 Å². The second-order valence-corrected chi connectivity index (χ2v) is 7.17. The SMILES string of the molecule is C[C@H](C#N)OC(=O)c1cccc(S(=O)(=O)N[C@@H](C)c2ccccc2)c1. The summed E-state index contributed by atoms with van der Waals surface area (Å²) in [5, 5.41) is 8.69. The summed E-state index contributed by atoms with van der Waals surface area (Å²) >= 11 is 0. The molecule has 1 N–H and O–H groups in total. The van der Waals surface area contributed by atoms with Crippen molar-refractivity contribution in [2.45, 2.75) is 30.9 Å². The normalized spacial score (nSPS) is 13.5. The summed E-state index contributed by atoms with van der Waals surface area (Å²) in [6.07, 6.45) is -0.913. The molecule has 0 fully saturated rings. The molecule has 6 nitrogen and oxygen atoms in total. The molecule has 0 aromatic heterocycles. The lowest BCUT2D eigenvalue weighted by Gasteiger charge is -2.15. The number of hydrogen-bond donors (Lipinski definition) is 1. The molecule has 2 atom stereocenters. The number of carbonyl (C=O) groups excluding carboxylic acids is 1. The van der Waals surface area contributed by atoms with Gasteiger partial charge in [0, 0.05) is 6.04 Å². The number of rotatable bonds is 6. The van der Waals surface area contributed by atoms with Gasteiger partial charge in [0.15, 0.2) is 6.10 Å². The lowest BCUT2D eigenvalue weighted by atomic mass is 10.1. The van der Waals surface area contributed by atoms with Crippen LogP contribution in [0.4, 0.5) is 0 Å². The standard InChI is InChI=1S/C18H18N2O4S/c1-13(12-19)24-18(21)16-9-6-10-17(11-16)25(22,23)20-14(2)15-7-4-3-5-8-15/h3-11,13-14,20H,1-2H3/t13-,14+/m1/s1. The molecule has 0 heterocycles. The minimum absolute atomic E-state index is 0.0469. The maximum absolute atomic E-state index is 12.6. The Morgan fingerprint density at radius 1 is 1.12 bits per heavy atom. The minimum Gasteiger partial charge on any atom is -0.444 e. The summed E-state index contributed by atoms with van der Waals surface area (Å²) in [6, 6.07) is 16.0. The maximum Gasteiger partial charge on any atom is 0.339 e. The van der Waals surface area contributed by atoms with Gasteiger partial charge < -0.3 is 4.74 Å². The first-order chi connectivity index (χ1) is 11.8. The van der Waals surface area contributed by atoms with Gasteiger partial charge in [-0.2, -0.15) is 5.26 Å². The van der Waals surface area contributed by atoms with E-state index in [-0.39, 0.29) is 10.5 Å². The highest BCUT2D eigenvalue weighted by Crippen LogP contribution is 2.18. The molecule has 2 aromatic carbocycles. The quantitative estimate of drug-likeness (QED) is 0.801. The smallest absolute Gasteiger partial charge is 0.339 e. The molecule has 0 saturated carbocycles. The maximum atomic E-state index is 12.6. The number of hydrogen-bond acceptors (Lipinski definition) is 5. The van der Waals surface area contributed by atoms with Crippen molar-refractivity contribution in [1.29, 1.82) is 5.26 Å². The average Bonchev–Trinajstić information content (AvgIpc) is 2.62. The molecule has 130 valence electrons. The molecule has 0 unspecified atom stereocenters. The van der Waals surface area contributed by atoms with Crippen molar-refractivity contribution in [2.24, 2.45) is 0 Å². The molecule has 0 bridgehead atoms. The Labute approximate surface area is 147 Å². The highest BCUT2D eigenvalue weighted by Gasteiger charge is 2.20. The van der Waals surface area contributed by atoms with E-state index in [1.807, 2.05) is 30.3 Å². The predicted molar refractivity (Wildman–Crippen MR) is 92.1 cm³/mol. The van der Waals surface area contributed by atoms with Gasteiger partial charge in [-0.3, -0.25) is 0 Å². The zero-order valence-electron chi connectivity index (χ0n) is 13.8. The second-order valence-electron chi connectivity index (χ2n) is 5.46. The van der Waals surface area contributed by atoms with Crippen LogP contribution in [0, 0.1) is 11.3 Å². The second kappa shape index (κ2) is 7.92. The van der Waals surface area contributed by atoms with Crippen molar-refractivity contribution in [3.63, 3.8) is 0 Å². The van der Waals surface area contributed by atoms with Crippen LogP contribution >= 0.6 is 0 Å². The largest absolute Gasteiger partial charge is 0.444 e. The Morgan fingerprint density at radius 3 is 2.44 bits per heavy atom. The summed E-state index contributed by atoms with van der Waals surface area (Å²) in [4.78, 5) is 11.9. The van der Waals surface area contributed by atoms with Crippen LogP contribution < -0.4 is 4.72 Å². The molecule has 2 aromatic rings. The number of ether oxygens (including phenoxy) is 1. The Morgan fingerprint density at radius 2 is 1.80 bits per heavy atom. The first-order valence-corrected chi connectivity index (χ1v) is 9.10. The predicted octanol–water partition coefficient (Wildman–Crippen LogP) is 2.79. The molecule has 0 aliphatic heterocycles. The fourth-order valence-electron chi connectivity index (χ4n) is 2.16. The van der Waals surface area contributed by atoms with Gasteiger partial charge in [-0.1, -0.05) is 36.4 Å². The van der Waals surface area contributed by atoms with Gasteiger partial charge in [0.05, 0.1) is 10.5 Å². The molecule has 25 heavy (non-hydrogen) atoms. The summed E-state index contributed by atoms with van der Waals surface area (Å²) in [5.41, 5.74) is 0.891. The number of sulfonamides is 1. The Balaban J connectivity index is 2.21. The van der Waals surface area contributed by atoms with Gasteiger partial charge in [0.1, 0.15) is 6.07 Å². The van der Waals surface area contributed by atoms with E-state index >= 15 is 0 Å². The molecule has 2 rings (SSSR count). The Bertz CT molecular complexity index is 889. The van der Waals surface area contributed by atoms with Crippen molar-refractivity contribution in [1.82, 2.24) is 4.72 Å². The highest BCUT2D eigenvalue weighted by molar-refractivity contribution is 7.89. The van der Waals surface area contributed by atoms with Crippen molar-refractivity contribution in [2.75, 3.05) is 0 Å². The van der Waals surface area contributed by atoms with Crippen LogP contribution in [0.25, 0.3) is 0 Å². The van der Waals surface area contributed by atoms with Crippen molar-refractivity contribution < 1.29 is 17.9 Å². The zero-order valence-corrected chi connectivity index (χ0v) is 14.7. The van der Waals surface area contributed by atoms with Crippen LogP contribution in [0.5, 0.6) is 0 Å². The summed E-state index contributed by atoms with van der Waals surface area (Å²) < 4.78 is 32.6. The molecule has 0 amide bonds. The number of nitrogens with zero attached hydrogens (tertiary/aromatic N) is 1. The van der Waals surface area contributed by atoms with Gasteiger partial charge in [0.25, 0.3) is 0 Å². The number of esters is 1. The van der Waals surface area contributed by atoms with Crippen LogP contribution in [-0.4, -0.2) is 20.5 Å². The van der Waals surface area contributed by atoms with E-state index in [0.717, 1.165) is 5.56 Å². The van der Waals surface area contributed by atoms with Crippen LogP contribution in [0.15, 0.2) is 59.5 Å². The van der Waals surface area contributed by atoms with E-state index in [4.69, 9.17) is 10.00 Å². The number of nitriles is 1. The minimum atomic E-state index is -3.82. The first-order valence-electron chi connectivity index (χ1n) is 7.61. The summed E-state index contributed by atoms with van der Waals surface area (Å²) in [7, 11) is -3.82. The van der Waals surface area contributed by atoms with Crippen molar-refractivity contribution in [3.05, 3.63) is 65.7 Å². The number of nitrogens with one attached hydrogen (secondary N) is 1. The zero-order chi connectivity index (χ0) is 18.4. The van der Waals surface area contributed by atoms with E-state index in [2.05, 4.69) is 4.72 Å². The van der Waals surface area contributed by atoms with Gasteiger partial charge in [-0.15, -0.1) is 0 Å². The van der Waals surface area contributed by atoms with E-state index in [1.165, 1.54) is 31.2 Å². The third kappa shape index (κ3) is 4.89. The molecule has 0 radical (unpaired) electrons. The molecule has 0 spiro atoms. The molecular weight excluding hydrogens is 340 g/mol. The average molecular weight is 358 g/mol. The Kier molecular flexibility index (Phi) is 5.91. The van der Waals surface area contributed by atoms with E-state index in [9.17, 15) is 13.2 Å². The van der Waals surface area contributed by atoms with Gasteiger partial charge in [-0.25, -0.2) is 17.9 Å². The third-order valence-corrected chi connectivity index (χ3v) is 5.02. The third-order valence-electron chi connectivity index (χ3n) is 3.48. The monoisotopic (exact) mass is 358 g/mol. The topological polar surface area (TPSA) is 96.3 Å². The molecular formula is C18H18N2O4S. The lowest BCUT2D eigenvalue weighted by Crippen LogP contribution is -2.27. The summed E-state index contributed by atoms with van der Waals surface area (Å²) in [5.74, 6) is -0.748. The first kappa shape index (κ1) is 18.6. The van der Waals surface area contributed by atoms with Crippen LogP contribution in [-0.2, 0) is 14.8 Å².